The van der Waals surface area contributed by atoms with E-state index in [2.05, 4.69) is 15.9 Å². The van der Waals surface area contributed by atoms with E-state index in [0.29, 0.717) is 37.7 Å². The predicted molar refractivity (Wildman–Crippen MR) is 64.6 cm³/mol. The van der Waals surface area contributed by atoms with Crippen LogP contribution >= 0.6 is 15.9 Å². The first-order valence-electron chi connectivity index (χ1n) is 5.59. The SMILES string of the molecule is O=C(c1cc(C(F)(F)F)ccc1F)N1CCC(Br)C1. The van der Waals surface area contributed by atoms with Crippen molar-refractivity contribution in [2.45, 2.75) is 17.4 Å². The van der Waals surface area contributed by atoms with Crippen LogP contribution in [0.15, 0.2) is 18.2 Å². The number of amides is 1. The van der Waals surface area contributed by atoms with Gasteiger partial charge in [0.25, 0.3) is 5.91 Å². The molecule has 1 aliphatic heterocycles. The van der Waals surface area contributed by atoms with Crippen LogP contribution in [0.4, 0.5) is 17.6 Å². The molecule has 0 N–H and O–H groups in total. The number of hydrogen-bond donors (Lipinski definition) is 0. The Bertz CT molecular complexity index is 503. The maximum absolute atomic E-state index is 13.5. The molecule has 1 aromatic rings. The van der Waals surface area contributed by atoms with Crippen LogP contribution in [0.2, 0.25) is 0 Å². The van der Waals surface area contributed by atoms with Crippen LogP contribution in [-0.2, 0) is 6.18 Å². The van der Waals surface area contributed by atoms with Gasteiger partial charge in [-0.1, -0.05) is 15.9 Å². The third kappa shape index (κ3) is 3.08. The average Bonchev–Trinajstić information content (AvgIpc) is 2.74. The van der Waals surface area contributed by atoms with Crippen LogP contribution in [0, 0.1) is 5.82 Å². The normalized spacial score (nSPS) is 19.8. The van der Waals surface area contributed by atoms with E-state index in [1.165, 1.54) is 4.90 Å². The summed E-state index contributed by atoms with van der Waals surface area (Å²) in [7, 11) is 0. The first kappa shape index (κ1) is 14.3. The molecule has 0 bridgehead atoms. The van der Waals surface area contributed by atoms with Gasteiger partial charge in [-0.2, -0.15) is 13.2 Å². The van der Waals surface area contributed by atoms with Crippen molar-refractivity contribution in [3.63, 3.8) is 0 Å². The first-order chi connectivity index (χ1) is 8.79. The van der Waals surface area contributed by atoms with Crippen molar-refractivity contribution in [1.82, 2.24) is 4.90 Å². The van der Waals surface area contributed by atoms with Gasteiger partial charge in [0.1, 0.15) is 5.82 Å². The third-order valence-electron chi connectivity index (χ3n) is 2.94. The van der Waals surface area contributed by atoms with Gasteiger partial charge in [0.2, 0.25) is 0 Å². The second-order valence-electron chi connectivity index (χ2n) is 4.33. The molecule has 0 saturated carbocycles. The van der Waals surface area contributed by atoms with Gasteiger partial charge in [-0.3, -0.25) is 4.79 Å². The summed E-state index contributed by atoms with van der Waals surface area (Å²) in [4.78, 5) is 13.4. The fraction of sp³-hybridized carbons (Fsp3) is 0.417. The van der Waals surface area contributed by atoms with Gasteiger partial charge in [0.15, 0.2) is 0 Å². The lowest BCUT2D eigenvalue weighted by molar-refractivity contribution is -0.137. The van der Waals surface area contributed by atoms with Crippen molar-refractivity contribution in [1.29, 1.82) is 0 Å². The van der Waals surface area contributed by atoms with Gasteiger partial charge >= 0.3 is 6.18 Å². The molecule has 1 fully saturated rings. The lowest BCUT2D eigenvalue weighted by Crippen LogP contribution is -2.29. The highest BCUT2D eigenvalue weighted by Gasteiger charge is 2.33. The van der Waals surface area contributed by atoms with Crippen LogP contribution in [0.25, 0.3) is 0 Å². The summed E-state index contributed by atoms with van der Waals surface area (Å²) in [5.74, 6) is -1.64. The number of carbonyl (C=O) groups is 1. The first-order valence-corrected chi connectivity index (χ1v) is 6.50. The van der Waals surface area contributed by atoms with Gasteiger partial charge in [-0.05, 0) is 24.6 Å². The topological polar surface area (TPSA) is 20.3 Å². The molecule has 1 aromatic carbocycles. The number of hydrogen-bond acceptors (Lipinski definition) is 1. The number of alkyl halides is 4. The fourth-order valence-corrected chi connectivity index (χ4v) is 2.49. The molecule has 1 amide bonds. The molecule has 7 heteroatoms. The quantitative estimate of drug-likeness (QED) is 0.566. The molecule has 0 radical (unpaired) electrons. The van der Waals surface area contributed by atoms with Gasteiger partial charge in [-0.15, -0.1) is 0 Å². The van der Waals surface area contributed by atoms with Crippen molar-refractivity contribution in [2.75, 3.05) is 13.1 Å². The number of halogens is 5. The maximum Gasteiger partial charge on any atom is 0.416 e. The van der Waals surface area contributed by atoms with Crippen molar-refractivity contribution in [3.8, 4) is 0 Å². The van der Waals surface area contributed by atoms with E-state index < -0.39 is 29.0 Å². The van der Waals surface area contributed by atoms with E-state index in [4.69, 9.17) is 0 Å². The molecule has 1 atom stereocenters. The molecule has 0 aliphatic carbocycles. The zero-order valence-corrected chi connectivity index (χ0v) is 11.3. The Labute approximate surface area is 115 Å². The Hall–Kier alpha value is -1.11. The van der Waals surface area contributed by atoms with E-state index in [9.17, 15) is 22.4 Å². The monoisotopic (exact) mass is 339 g/mol. The minimum absolute atomic E-state index is 0.102. The van der Waals surface area contributed by atoms with Crippen molar-refractivity contribution in [2.24, 2.45) is 0 Å². The molecular weight excluding hydrogens is 330 g/mol. The average molecular weight is 340 g/mol. The van der Waals surface area contributed by atoms with Crippen LogP contribution in [0.3, 0.4) is 0 Å². The summed E-state index contributed by atoms with van der Waals surface area (Å²) in [6.45, 7) is 0.777. The second-order valence-corrected chi connectivity index (χ2v) is 5.62. The van der Waals surface area contributed by atoms with Crippen LogP contribution in [-0.4, -0.2) is 28.7 Å². The van der Waals surface area contributed by atoms with Gasteiger partial charge < -0.3 is 4.90 Å². The molecule has 1 saturated heterocycles. The zero-order chi connectivity index (χ0) is 14.2. The minimum Gasteiger partial charge on any atom is -0.337 e. The molecular formula is C12H10BrF4NO. The van der Waals surface area contributed by atoms with Crippen LogP contribution in [0.5, 0.6) is 0 Å². The van der Waals surface area contributed by atoms with Crippen molar-refractivity contribution in [3.05, 3.63) is 35.1 Å². The number of likely N-dealkylation sites (tertiary alicyclic amines) is 1. The van der Waals surface area contributed by atoms with Crippen molar-refractivity contribution >= 4 is 21.8 Å². The summed E-state index contributed by atoms with van der Waals surface area (Å²) in [5, 5.41) is 0. The Kier molecular flexibility index (Phi) is 3.85. The fourth-order valence-electron chi connectivity index (χ4n) is 1.94. The third-order valence-corrected chi connectivity index (χ3v) is 3.69. The zero-order valence-electron chi connectivity index (χ0n) is 9.68. The number of nitrogens with zero attached hydrogens (tertiary/aromatic N) is 1. The van der Waals surface area contributed by atoms with E-state index in [1.807, 2.05) is 0 Å². The Balaban J connectivity index is 2.31. The van der Waals surface area contributed by atoms with E-state index in [-0.39, 0.29) is 4.83 Å². The lowest BCUT2D eigenvalue weighted by atomic mass is 10.1. The molecule has 1 unspecified atom stereocenters. The predicted octanol–water partition coefficient (Wildman–Crippen LogP) is 3.45. The van der Waals surface area contributed by atoms with Crippen molar-refractivity contribution < 1.29 is 22.4 Å². The summed E-state index contributed by atoms with van der Waals surface area (Å²) < 4.78 is 51.2. The van der Waals surface area contributed by atoms with E-state index >= 15 is 0 Å². The molecule has 1 heterocycles. The summed E-state index contributed by atoms with van der Waals surface area (Å²) in [5.41, 5.74) is -1.55. The Morgan fingerprint density at radius 2 is 2.05 bits per heavy atom. The highest BCUT2D eigenvalue weighted by Crippen LogP contribution is 2.31. The van der Waals surface area contributed by atoms with E-state index in [0.717, 1.165) is 0 Å². The molecule has 0 aromatic heterocycles. The van der Waals surface area contributed by atoms with Gasteiger partial charge in [-0.25, -0.2) is 4.39 Å². The van der Waals surface area contributed by atoms with Crippen LogP contribution in [0.1, 0.15) is 22.3 Å². The number of benzene rings is 1. The molecule has 19 heavy (non-hydrogen) atoms. The maximum atomic E-state index is 13.5. The standard InChI is InChI=1S/C12H10BrF4NO/c13-8-3-4-18(6-8)11(19)9-5-7(12(15,16)17)1-2-10(9)14/h1-2,5,8H,3-4,6H2. The highest BCUT2D eigenvalue weighted by atomic mass is 79.9. The number of carbonyl (C=O) groups excluding carboxylic acids is 1. The van der Waals surface area contributed by atoms with Crippen LogP contribution < -0.4 is 0 Å². The van der Waals surface area contributed by atoms with E-state index in [1.54, 1.807) is 0 Å². The summed E-state index contributed by atoms with van der Waals surface area (Å²) in [6.07, 6.45) is -3.89. The molecule has 104 valence electrons. The minimum atomic E-state index is -4.59. The van der Waals surface area contributed by atoms with Gasteiger partial charge in [0.05, 0.1) is 11.1 Å². The van der Waals surface area contributed by atoms with Gasteiger partial charge in [0, 0.05) is 17.9 Å². The Morgan fingerprint density at radius 3 is 2.58 bits per heavy atom. The molecule has 0 spiro atoms. The summed E-state index contributed by atoms with van der Waals surface area (Å²) in [6, 6.07) is 1.88. The highest BCUT2D eigenvalue weighted by molar-refractivity contribution is 9.09. The smallest absolute Gasteiger partial charge is 0.337 e. The molecule has 2 nitrogen and oxygen atoms in total. The second kappa shape index (κ2) is 5.11. The summed E-state index contributed by atoms with van der Waals surface area (Å²) >= 11 is 3.32. The molecule has 2 rings (SSSR count). The number of rotatable bonds is 1. The Morgan fingerprint density at radius 1 is 1.37 bits per heavy atom. The molecule has 1 aliphatic rings. The lowest BCUT2D eigenvalue weighted by Gasteiger charge is -2.17. The largest absolute Gasteiger partial charge is 0.416 e.